The first-order valence-electron chi connectivity index (χ1n) is 7.57. The second kappa shape index (κ2) is 5.78. The van der Waals surface area contributed by atoms with Gasteiger partial charge in [-0.1, -0.05) is 55.1 Å². The van der Waals surface area contributed by atoms with Crippen LogP contribution in [0.2, 0.25) is 0 Å². The van der Waals surface area contributed by atoms with E-state index in [2.05, 4.69) is 56.8 Å². The van der Waals surface area contributed by atoms with Gasteiger partial charge in [0.2, 0.25) is 0 Å². The zero-order chi connectivity index (χ0) is 15.7. The van der Waals surface area contributed by atoms with Gasteiger partial charge in [0.1, 0.15) is 0 Å². The molecule has 0 aliphatic carbocycles. The summed E-state index contributed by atoms with van der Waals surface area (Å²) in [5.41, 5.74) is 12.1. The van der Waals surface area contributed by atoms with Gasteiger partial charge in [-0.05, 0) is 19.4 Å². The Morgan fingerprint density at radius 2 is 1.68 bits per heavy atom. The number of rotatable bonds is 3. The van der Waals surface area contributed by atoms with Crippen LogP contribution in [-0.4, -0.2) is 16.8 Å². The lowest BCUT2D eigenvalue weighted by Crippen LogP contribution is -2.30. The van der Waals surface area contributed by atoms with Crippen LogP contribution in [0.3, 0.4) is 0 Å². The molecule has 0 aromatic heterocycles. The highest BCUT2D eigenvalue weighted by atomic mass is 15.5. The molecule has 0 amide bonds. The molecule has 1 aliphatic rings. The fraction of sp³-hybridized carbons (Fsp3) is 0.211. The summed E-state index contributed by atoms with van der Waals surface area (Å²) in [7, 11) is 0. The number of nitrogens with zero attached hydrogens (tertiary/aromatic N) is 2. The maximum absolute atomic E-state index is 5.68. The van der Waals surface area contributed by atoms with Crippen LogP contribution in [0.25, 0.3) is 5.70 Å². The van der Waals surface area contributed by atoms with Gasteiger partial charge in [0.15, 0.2) is 0 Å². The lowest BCUT2D eigenvalue weighted by molar-refractivity contribution is 0.346. The van der Waals surface area contributed by atoms with Crippen molar-refractivity contribution < 1.29 is 0 Å². The molecular formula is C19H21N3. The summed E-state index contributed by atoms with van der Waals surface area (Å²) in [5.74, 6) is 0. The average Bonchev–Trinajstić information content (AvgIpc) is 2.55. The van der Waals surface area contributed by atoms with Crippen LogP contribution in [0.5, 0.6) is 0 Å². The lowest BCUT2D eigenvalue weighted by atomic mass is 9.94. The van der Waals surface area contributed by atoms with Crippen LogP contribution in [0.15, 0.2) is 60.2 Å². The van der Waals surface area contributed by atoms with E-state index in [0.717, 1.165) is 33.7 Å². The first-order chi connectivity index (χ1) is 10.6. The molecule has 0 unspecified atom stereocenters. The van der Waals surface area contributed by atoms with Gasteiger partial charge < -0.3 is 5.73 Å². The Morgan fingerprint density at radius 1 is 1.05 bits per heavy atom. The molecule has 112 valence electrons. The summed E-state index contributed by atoms with van der Waals surface area (Å²) < 4.78 is 0. The molecule has 0 saturated carbocycles. The number of benzene rings is 2. The molecule has 0 fully saturated rings. The zero-order valence-electron chi connectivity index (χ0n) is 13.1. The predicted molar refractivity (Wildman–Crippen MR) is 92.4 cm³/mol. The number of hydrogen-bond donors (Lipinski definition) is 1. The molecule has 22 heavy (non-hydrogen) atoms. The van der Waals surface area contributed by atoms with Gasteiger partial charge in [-0.2, -0.15) is 5.10 Å². The zero-order valence-corrected chi connectivity index (χ0v) is 13.1. The van der Waals surface area contributed by atoms with Crippen molar-refractivity contribution in [1.29, 1.82) is 0 Å². The van der Waals surface area contributed by atoms with Crippen LogP contribution in [0.4, 0.5) is 0 Å². The van der Waals surface area contributed by atoms with Crippen LogP contribution < -0.4 is 5.73 Å². The Labute approximate surface area is 131 Å². The quantitative estimate of drug-likeness (QED) is 0.939. The summed E-state index contributed by atoms with van der Waals surface area (Å²) >= 11 is 0. The Morgan fingerprint density at radius 3 is 2.27 bits per heavy atom. The largest absolute Gasteiger partial charge is 0.326 e. The molecule has 3 rings (SSSR count). The van der Waals surface area contributed by atoms with E-state index in [4.69, 9.17) is 10.8 Å². The van der Waals surface area contributed by atoms with Gasteiger partial charge in [0.05, 0.1) is 11.4 Å². The molecule has 2 aromatic rings. The number of hydrazone groups is 1. The summed E-state index contributed by atoms with van der Waals surface area (Å²) in [5, 5.41) is 6.84. The third-order valence-electron chi connectivity index (χ3n) is 3.93. The van der Waals surface area contributed by atoms with Gasteiger partial charge >= 0.3 is 0 Å². The Hall–Kier alpha value is -2.39. The minimum atomic E-state index is 0.263. The summed E-state index contributed by atoms with van der Waals surface area (Å²) in [6, 6.07) is 16.9. The molecule has 0 atom stereocenters. The summed E-state index contributed by atoms with van der Waals surface area (Å²) in [4.78, 5) is 0. The minimum Gasteiger partial charge on any atom is -0.326 e. The average molecular weight is 291 g/mol. The van der Waals surface area contributed by atoms with Gasteiger partial charge in [0.25, 0.3) is 0 Å². The molecule has 0 saturated heterocycles. The number of fused-ring (bicyclic) bond motifs is 1. The third kappa shape index (κ3) is 2.44. The van der Waals surface area contributed by atoms with Crippen molar-refractivity contribution in [3.05, 3.63) is 77.4 Å². The van der Waals surface area contributed by atoms with E-state index in [0.29, 0.717) is 6.54 Å². The van der Waals surface area contributed by atoms with E-state index < -0.39 is 0 Å². The van der Waals surface area contributed by atoms with Crippen LogP contribution in [0, 0.1) is 0 Å². The van der Waals surface area contributed by atoms with Crippen molar-refractivity contribution in [2.45, 2.75) is 26.4 Å². The van der Waals surface area contributed by atoms with Gasteiger partial charge in [0, 0.05) is 29.3 Å². The van der Waals surface area contributed by atoms with Crippen molar-refractivity contribution in [1.82, 2.24) is 5.01 Å². The smallest absolute Gasteiger partial charge is 0.0987 e. The van der Waals surface area contributed by atoms with E-state index >= 15 is 0 Å². The van der Waals surface area contributed by atoms with E-state index in [1.54, 1.807) is 0 Å². The normalized spacial score (nSPS) is 14.1. The van der Waals surface area contributed by atoms with Crippen LogP contribution in [0.1, 0.15) is 36.1 Å². The topological polar surface area (TPSA) is 41.6 Å². The second-order valence-corrected chi connectivity index (χ2v) is 5.78. The van der Waals surface area contributed by atoms with Crippen molar-refractivity contribution in [3.8, 4) is 0 Å². The Bertz CT molecular complexity index is 727. The third-order valence-corrected chi connectivity index (χ3v) is 3.93. The van der Waals surface area contributed by atoms with E-state index in [9.17, 15) is 0 Å². The van der Waals surface area contributed by atoms with Crippen LogP contribution >= 0.6 is 0 Å². The number of hydrogen-bond acceptors (Lipinski definition) is 3. The Balaban J connectivity index is 2.14. The number of nitrogens with two attached hydrogens (primary N) is 1. The molecule has 1 heterocycles. The molecular weight excluding hydrogens is 270 g/mol. The fourth-order valence-electron chi connectivity index (χ4n) is 2.73. The van der Waals surface area contributed by atoms with E-state index in [1.165, 1.54) is 0 Å². The van der Waals surface area contributed by atoms with Crippen molar-refractivity contribution in [3.63, 3.8) is 0 Å². The fourth-order valence-corrected chi connectivity index (χ4v) is 2.73. The highest BCUT2D eigenvalue weighted by Crippen LogP contribution is 2.31. The standard InChI is InChI=1S/C19H21N3/c1-13(2)22-14(3)17-6-4-5-7-18(17)19(21-22)16-10-8-15(12-20)9-11-16/h4-11,13H,3,12,20H2,1-2H3. The maximum atomic E-state index is 5.68. The maximum Gasteiger partial charge on any atom is 0.0987 e. The molecule has 0 radical (unpaired) electrons. The lowest BCUT2D eigenvalue weighted by Gasteiger charge is -2.32. The molecule has 3 heteroatoms. The second-order valence-electron chi connectivity index (χ2n) is 5.78. The summed E-state index contributed by atoms with van der Waals surface area (Å²) in [6.45, 7) is 9.02. The molecule has 1 aliphatic heterocycles. The molecule has 0 spiro atoms. The summed E-state index contributed by atoms with van der Waals surface area (Å²) in [6.07, 6.45) is 0. The SMILES string of the molecule is C=C1c2ccccc2C(c2ccc(CN)cc2)=NN1C(C)C. The van der Waals surface area contributed by atoms with Crippen LogP contribution in [-0.2, 0) is 6.54 Å². The Kier molecular flexibility index (Phi) is 3.82. The first-order valence-corrected chi connectivity index (χ1v) is 7.57. The molecule has 2 aromatic carbocycles. The highest BCUT2D eigenvalue weighted by molar-refractivity contribution is 6.16. The van der Waals surface area contributed by atoms with Crippen molar-refractivity contribution in [2.75, 3.05) is 0 Å². The van der Waals surface area contributed by atoms with E-state index in [1.807, 2.05) is 17.1 Å². The van der Waals surface area contributed by atoms with Gasteiger partial charge in [-0.25, -0.2) is 0 Å². The minimum absolute atomic E-state index is 0.263. The predicted octanol–water partition coefficient (Wildman–Crippen LogP) is 3.59. The highest BCUT2D eigenvalue weighted by Gasteiger charge is 2.24. The van der Waals surface area contributed by atoms with Crippen molar-refractivity contribution in [2.24, 2.45) is 10.8 Å². The van der Waals surface area contributed by atoms with Gasteiger partial charge in [-0.15, -0.1) is 0 Å². The van der Waals surface area contributed by atoms with E-state index in [-0.39, 0.29) is 6.04 Å². The molecule has 3 nitrogen and oxygen atoms in total. The molecule has 0 bridgehead atoms. The van der Waals surface area contributed by atoms with Crippen molar-refractivity contribution >= 4 is 11.4 Å². The van der Waals surface area contributed by atoms with Gasteiger partial charge in [-0.3, -0.25) is 5.01 Å². The monoisotopic (exact) mass is 291 g/mol. The first kappa shape index (κ1) is 14.5. The molecule has 2 N–H and O–H groups in total.